The van der Waals surface area contributed by atoms with Crippen LogP contribution in [-0.4, -0.2) is 11.7 Å². The molecule has 0 bridgehead atoms. The maximum absolute atomic E-state index is 8.64. The minimum atomic E-state index is 0.369. The van der Waals surface area contributed by atoms with E-state index >= 15 is 0 Å². The molecule has 1 heteroatoms. The van der Waals surface area contributed by atoms with Gasteiger partial charge in [0.25, 0.3) is 0 Å². The summed E-state index contributed by atoms with van der Waals surface area (Å²) in [6, 6.07) is 0. The lowest BCUT2D eigenvalue weighted by Crippen LogP contribution is -1.84. The average molecular weight is 241 g/mol. The van der Waals surface area contributed by atoms with Gasteiger partial charge in [0.2, 0.25) is 0 Å². The zero-order valence-electron chi connectivity index (χ0n) is 11.8. The summed E-state index contributed by atoms with van der Waals surface area (Å²) < 4.78 is 0. The number of rotatable bonds is 14. The van der Waals surface area contributed by atoms with Crippen LogP contribution in [0.25, 0.3) is 0 Å². The van der Waals surface area contributed by atoms with E-state index in [0.29, 0.717) is 6.61 Å². The molecule has 0 aromatic carbocycles. The molecule has 0 saturated heterocycles. The molecule has 0 aromatic rings. The van der Waals surface area contributed by atoms with Gasteiger partial charge in [-0.05, 0) is 6.42 Å². The summed E-state index contributed by atoms with van der Waals surface area (Å²) >= 11 is 0. The molecule has 0 aromatic heterocycles. The second-order valence-corrected chi connectivity index (χ2v) is 5.17. The molecular formula is C16H33O. The number of unbranched alkanes of at least 4 members (excludes halogenated alkanes) is 13. The standard InChI is InChI=1S/C16H33O/c1-2-3-4-5-6-7-8-9-10-11-12-13-14-15-16-17/h17H,1-16H2. The summed E-state index contributed by atoms with van der Waals surface area (Å²) in [7, 11) is 0. The highest BCUT2D eigenvalue weighted by Crippen LogP contribution is 2.12. The molecule has 1 nitrogen and oxygen atoms in total. The fourth-order valence-electron chi connectivity index (χ4n) is 2.23. The fourth-order valence-corrected chi connectivity index (χ4v) is 2.23. The maximum Gasteiger partial charge on any atom is 0.0431 e. The van der Waals surface area contributed by atoms with Crippen molar-refractivity contribution < 1.29 is 5.11 Å². The van der Waals surface area contributed by atoms with E-state index in [-0.39, 0.29) is 0 Å². The first-order valence-electron chi connectivity index (χ1n) is 7.82. The van der Waals surface area contributed by atoms with E-state index in [0.717, 1.165) is 12.8 Å². The highest BCUT2D eigenvalue weighted by molar-refractivity contribution is 4.49. The Morgan fingerprint density at radius 1 is 0.471 bits per heavy atom. The van der Waals surface area contributed by atoms with Crippen LogP contribution in [0.5, 0.6) is 0 Å². The Kier molecular flexibility index (Phi) is 15.9. The average Bonchev–Trinajstić information content (AvgIpc) is 2.35. The molecule has 0 aliphatic carbocycles. The smallest absolute Gasteiger partial charge is 0.0431 e. The minimum absolute atomic E-state index is 0.369. The van der Waals surface area contributed by atoms with Gasteiger partial charge in [0, 0.05) is 6.61 Å². The van der Waals surface area contributed by atoms with E-state index in [2.05, 4.69) is 6.92 Å². The molecule has 0 rings (SSSR count). The van der Waals surface area contributed by atoms with E-state index in [1.807, 2.05) is 0 Å². The van der Waals surface area contributed by atoms with Crippen molar-refractivity contribution in [1.82, 2.24) is 0 Å². The SMILES string of the molecule is [CH2]CCCCCCCCCCCCCCCO. The Labute approximate surface area is 109 Å². The van der Waals surface area contributed by atoms with Crippen LogP contribution in [0.1, 0.15) is 89.9 Å². The second-order valence-electron chi connectivity index (χ2n) is 5.17. The number of aliphatic hydroxyl groups excluding tert-OH is 1. The van der Waals surface area contributed by atoms with Crippen molar-refractivity contribution in [1.29, 1.82) is 0 Å². The third-order valence-electron chi connectivity index (χ3n) is 3.41. The fraction of sp³-hybridized carbons (Fsp3) is 0.938. The Bertz CT molecular complexity index is 109. The lowest BCUT2D eigenvalue weighted by molar-refractivity contribution is 0.282. The Morgan fingerprint density at radius 3 is 1.06 bits per heavy atom. The quantitative estimate of drug-likeness (QED) is 0.410. The predicted octanol–water partition coefficient (Wildman–Crippen LogP) is 5.27. The van der Waals surface area contributed by atoms with Crippen LogP contribution in [0.3, 0.4) is 0 Å². The molecule has 0 saturated carbocycles. The summed E-state index contributed by atoms with van der Waals surface area (Å²) in [5.41, 5.74) is 0. The van der Waals surface area contributed by atoms with Crippen molar-refractivity contribution in [3.63, 3.8) is 0 Å². The third-order valence-corrected chi connectivity index (χ3v) is 3.41. The van der Waals surface area contributed by atoms with E-state index in [1.165, 1.54) is 77.0 Å². The van der Waals surface area contributed by atoms with Crippen LogP contribution in [0.15, 0.2) is 0 Å². The highest BCUT2D eigenvalue weighted by atomic mass is 16.2. The van der Waals surface area contributed by atoms with Crippen molar-refractivity contribution in [2.45, 2.75) is 89.9 Å². The third kappa shape index (κ3) is 16.0. The second kappa shape index (κ2) is 16.0. The van der Waals surface area contributed by atoms with Gasteiger partial charge in [-0.25, -0.2) is 0 Å². The van der Waals surface area contributed by atoms with Gasteiger partial charge < -0.3 is 5.11 Å². The molecule has 0 aliphatic rings. The van der Waals surface area contributed by atoms with Gasteiger partial charge in [-0.15, -0.1) is 0 Å². The summed E-state index contributed by atoms with van der Waals surface area (Å²) in [4.78, 5) is 0. The predicted molar refractivity (Wildman–Crippen MR) is 77.1 cm³/mol. The molecule has 0 amide bonds. The first-order chi connectivity index (χ1) is 8.41. The van der Waals surface area contributed by atoms with Crippen molar-refractivity contribution in [2.24, 2.45) is 0 Å². The molecule has 0 aliphatic heterocycles. The summed E-state index contributed by atoms with van der Waals surface area (Å²) in [6.07, 6.45) is 18.6. The molecule has 0 fully saturated rings. The van der Waals surface area contributed by atoms with E-state index in [1.54, 1.807) is 0 Å². The minimum Gasteiger partial charge on any atom is -0.396 e. The first-order valence-corrected chi connectivity index (χ1v) is 7.82. The molecule has 0 unspecified atom stereocenters. The van der Waals surface area contributed by atoms with Gasteiger partial charge in [-0.2, -0.15) is 0 Å². The normalized spacial score (nSPS) is 10.9. The molecule has 0 heterocycles. The van der Waals surface area contributed by atoms with Gasteiger partial charge in [-0.1, -0.05) is 90.4 Å². The van der Waals surface area contributed by atoms with Crippen LogP contribution >= 0.6 is 0 Å². The van der Waals surface area contributed by atoms with Gasteiger partial charge >= 0.3 is 0 Å². The van der Waals surface area contributed by atoms with E-state index in [9.17, 15) is 0 Å². The maximum atomic E-state index is 8.64. The van der Waals surface area contributed by atoms with Crippen molar-refractivity contribution >= 4 is 0 Å². The van der Waals surface area contributed by atoms with Crippen LogP contribution in [-0.2, 0) is 0 Å². The van der Waals surface area contributed by atoms with Crippen LogP contribution in [0.4, 0.5) is 0 Å². The van der Waals surface area contributed by atoms with Crippen LogP contribution < -0.4 is 0 Å². The number of aliphatic hydroxyl groups is 1. The van der Waals surface area contributed by atoms with Crippen LogP contribution in [0.2, 0.25) is 0 Å². The largest absolute Gasteiger partial charge is 0.396 e. The lowest BCUT2D eigenvalue weighted by atomic mass is 10.0. The van der Waals surface area contributed by atoms with Crippen molar-refractivity contribution in [3.8, 4) is 0 Å². The van der Waals surface area contributed by atoms with Gasteiger partial charge in [0.05, 0.1) is 0 Å². The summed E-state index contributed by atoms with van der Waals surface area (Å²) in [5, 5.41) is 8.64. The lowest BCUT2D eigenvalue weighted by Gasteiger charge is -2.02. The highest BCUT2D eigenvalue weighted by Gasteiger charge is 1.93. The first kappa shape index (κ1) is 17.0. The molecule has 1 radical (unpaired) electrons. The Balaban J connectivity index is 2.85. The van der Waals surface area contributed by atoms with E-state index < -0.39 is 0 Å². The molecule has 103 valence electrons. The molecule has 0 spiro atoms. The Morgan fingerprint density at radius 2 is 0.765 bits per heavy atom. The monoisotopic (exact) mass is 241 g/mol. The zero-order valence-corrected chi connectivity index (χ0v) is 11.8. The molecule has 17 heavy (non-hydrogen) atoms. The number of hydrogen-bond donors (Lipinski definition) is 1. The van der Waals surface area contributed by atoms with Gasteiger partial charge in [0.1, 0.15) is 0 Å². The van der Waals surface area contributed by atoms with Crippen molar-refractivity contribution in [3.05, 3.63) is 6.92 Å². The molecular weight excluding hydrogens is 208 g/mol. The molecule has 0 atom stereocenters. The van der Waals surface area contributed by atoms with Crippen molar-refractivity contribution in [2.75, 3.05) is 6.61 Å². The van der Waals surface area contributed by atoms with E-state index in [4.69, 9.17) is 5.11 Å². The zero-order chi connectivity index (χ0) is 12.6. The van der Waals surface area contributed by atoms with Gasteiger partial charge in [-0.3, -0.25) is 0 Å². The summed E-state index contributed by atoms with van der Waals surface area (Å²) in [6.45, 7) is 4.24. The topological polar surface area (TPSA) is 20.2 Å². The number of hydrogen-bond acceptors (Lipinski definition) is 1. The summed E-state index contributed by atoms with van der Waals surface area (Å²) in [5.74, 6) is 0. The molecule has 1 N–H and O–H groups in total. The Hall–Kier alpha value is -0.0400. The van der Waals surface area contributed by atoms with Crippen LogP contribution in [0, 0.1) is 6.92 Å². The van der Waals surface area contributed by atoms with Gasteiger partial charge in [0.15, 0.2) is 0 Å².